The van der Waals surface area contributed by atoms with Gasteiger partial charge in [0.05, 0.1) is 6.10 Å². The molecule has 0 spiro atoms. The Kier molecular flexibility index (Phi) is 3.32. The van der Waals surface area contributed by atoms with Gasteiger partial charge in [-0.25, -0.2) is 0 Å². The molecule has 0 radical (unpaired) electrons. The third-order valence-electron chi connectivity index (χ3n) is 2.28. The summed E-state index contributed by atoms with van der Waals surface area (Å²) in [5.74, 6) is 0.175. The maximum atomic E-state index is 11.4. The summed E-state index contributed by atoms with van der Waals surface area (Å²) in [5.41, 5.74) is 1.000. The highest BCUT2D eigenvalue weighted by atomic mass is 16.3. The molecule has 0 aromatic carbocycles. The summed E-state index contributed by atoms with van der Waals surface area (Å²) in [4.78, 5) is 11.4. The standard InChI is InChI=1S/C11H19NO2/c1-8(13)7-12-9-4-10(14)6-11(2,3)5-9/h4,8,12-13H,5-7H2,1-3H3. The van der Waals surface area contributed by atoms with E-state index >= 15 is 0 Å². The first kappa shape index (κ1) is 11.2. The maximum absolute atomic E-state index is 11.4. The number of carbonyl (C=O) groups is 1. The van der Waals surface area contributed by atoms with Gasteiger partial charge in [0.1, 0.15) is 0 Å². The molecule has 0 aromatic rings. The maximum Gasteiger partial charge on any atom is 0.157 e. The monoisotopic (exact) mass is 197 g/mol. The summed E-state index contributed by atoms with van der Waals surface area (Å²) < 4.78 is 0. The molecule has 0 fully saturated rings. The van der Waals surface area contributed by atoms with E-state index in [-0.39, 0.29) is 17.3 Å². The summed E-state index contributed by atoms with van der Waals surface area (Å²) >= 11 is 0. The molecule has 1 rings (SSSR count). The van der Waals surface area contributed by atoms with Crippen molar-refractivity contribution in [3.8, 4) is 0 Å². The van der Waals surface area contributed by atoms with E-state index < -0.39 is 0 Å². The Morgan fingerprint density at radius 3 is 2.71 bits per heavy atom. The van der Waals surface area contributed by atoms with Gasteiger partial charge in [-0.15, -0.1) is 0 Å². The predicted octanol–water partition coefficient (Wildman–Crippen LogP) is 1.23. The van der Waals surface area contributed by atoms with E-state index in [1.807, 2.05) is 0 Å². The van der Waals surface area contributed by atoms with E-state index in [0.29, 0.717) is 13.0 Å². The molecule has 0 aromatic heterocycles. The molecule has 1 aliphatic carbocycles. The zero-order valence-corrected chi connectivity index (χ0v) is 9.13. The first-order chi connectivity index (χ1) is 6.39. The second-order valence-electron chi connectivity index (χ2n) is 4.88. The van der Waals surface area contributed by atoms with Crippen molar-refractivity contribution >= 4 is 5.78 Å². The first-order valence-electron chi connectivity index (χ1n) is 5.04. The van der Waals surface area contributed by atoms with Gasteiger partial charge in [0.15, 0.2) is 5.78 Å². The Morgan fingerprint density at radius 2 is 2.21 bits per heavy atom. The fourth-order valence-electron chi connectivity index (χ4n) is 1.74. The average Bonchev–Trinajstić information content (AvgIpc) is 1.96. The highest BCUT2D eigenvalue weighted by Crippen LogP contribution is 2.32. The van der Waals surface area contributed by atoms with Gasteiger partial charge in [-0.05, 0) is 18.8 Å². The number of ketones is 1. The Morgan fingerprint density at radius 1 is 1.57 bits per heavy atom. The molecule has 0 bridgehead atoms. The van der Waals surface area contributed by atoms with E-state index in [0.717, 1.165) is 12.1 Å². The number of rotatable bonds is 3. The van der Waals surface area contributed by atoms with E-state index in [2.05, 4.69) is 19.2 Å². The normalized spacial score (nSPS) is 22.9. The number of aliphatic hydroxyl groups excluding tert-OH is 1. The van der Waals surface area contributed by atoms with Gasteiger partial charge < -0.3 is 10.4 Å². The minimum Gasteiger partial charge on any atom is -0.392 e. The summed E-state index contributed by atoms with van der Waals surface area (Å²) in [6.07, 6.45) is 2.78. The summed E-state index contributed by atoms with van der Waals surface area (Å²) in [5, 5.41) is 12.2. The van der Waals surface area contributed by atoms with Gasteiger partial charge in [0.25, 0.3) is 0 Å². The van der Waals surface area contributed by atoms with Gasteiger partial charge in [0, 0.05) is 24.7 Å². The van der Waals surface area contributed by atoms with Crippen molar-refractivity contribution in [1.82, 2.24) is 5.32 Å². The smallest absolute Gasteiger partial charge is 0.157 e. The Hall–Kier alpha value is -0.830. The van der Waals surface area contributed by atoms with E-state index in [1.165, 1.54) is 0 Å². The summed E-state index contributed by atoms with van der Waals surface area (Å²) in [7, 11) is 0. The van der Waals surface area contributed by atoms with Crippen LogP contribution in [0.3, 0.4) is 0 Å². The van der Waals surface area contributed by atoms with Crippen molar-refractivity contribution in [3.05, 3.63) is 11.8 Å². The van der Waals surface area contributed by atoms with E-state index in [9.17, 15) is 4.79 Å². The van der Waals surface area contributed by atoms with Crippen LogP contribution < -0.4 is 5.32 Å². The molecule has 1 unspecified atom stereocenters. The van der Waals surface area contributed by atoms with Crippen molar-refractivity contribution in [1.29, 1.82) is 0 Å². The quantitative estimate of drug-likeness (QED) is 0.715. The lowest BCUT2D eigenvalue weighted by Gasteiger charge is -2.29. The number of nitrogens with one attached hydrogen (secondary N) is 1. The lowest BCUT2D eigenvalue weighted by molar-refractivity contribution is -0.117. The van der Waals surface area contributed by atoms with Gasteiger partial charge in [-0.3, -0.25) is 4.79 Å². The van der Waals surface area contributed by atoms with Crippen molar-refractivity contribution in [2.24, 2.45) is 5.41 Å². The molecular weight excluding hydrogens is 178 g/mol. The molecule has 80 valence electrons. The number of hydrogen-bond donors (Lipinski definition) is 2. The zero-order chi connectivity index (χ0) is 10.8. The topological polar surface area (TPSA) is 49.3 Å². The van der Waals surface area contributed by atoms with Crippen LogP contribution in [0, 0.1) is 5.41 Å². The molecule has 14 heavy (non-hydrogen) atoms. The molecule has 1 aliphatic rings. The van der Waals surface area contributed by atoms with Crippen LogP contribution in [0.4, 0.5) is 0 Å². The largest absolute Gasteiger partial charge is 0.392 e. The number of carbonyl (C=O) groups excluding carboxylic acids is 1. The molecule has 0 aliphatic heterocycles. The van der Waals surface area contributed by atoms with Crippen LogP contribution in [-0.4, -0.2) is 23.5 Å². The molecule has 0 amide bonds. The van der Waals surface area contributed by atoms with Crippen LogP contribution in [0.2, 0.25) is 0 Å². The minimum atomic E-state index is -0.379. The molecule has 3 nitrogen and oxygen atoms in total. The molecule has 2 N–H and O–H groups in total. The molecule has 0 saturated heterocycles. The van der Waals surface area contributed by atoms with Crippen LogP contribution in [-0.2, 0) is 4.79 Å². The summed E-state index contributed by atoms with van der Waals surface area (Å²) in [6.45, 7) is 6.41. The molecule has 1 atom stereocenters. The zero-order valence-electron chi connectivity index (χ0n) is 9.13. The highest BCUT2D eigenvalue weighted by Gasteiger charge is 2.27. The highest BCUT2D eigenvalue weighted by molar-refractivity contribution is 5.91. The van der Waals surface area contributed by atoms with E-state index in [1.54, 1.807) is 13.0 Å². The van der Waals surface area contributed by atoms with Gasteiger partial charge in [-0.1, -0.05) is 13.8 Å². The van der Waals surface area contributed by atoms with Crippen molar-refractivity contribution in [2.45, 2.75) is 39.7 Å². The summed E-state index contributed by atoms with van der Waals surface area (Å²) in [6, 6.07) is 0. The van der Waals surface area contributed by atoms with Crippen LogP contribution in [0.1, 0.15) is 33.6 Å². The first-order valence-corrected chi connectivity index (χ1v) is 5.04. The van der Waals surface area contributed by atoms with Crippen molar-refractivity contribution in [2.75, 3.05) is 6.54 Å². The van der Waals surface area contributed by atoms with Crippen LogP contribution in [0.5, 0.6) is 0 Å². The molecular formula is C11H19NO2. The van der Waals surface area contributed by atoms with Gasteiger partial charge in [-0.2, -0.15) is 0 Å². The Labute approximate surface area is 85.2 Å². The molecule has 0 saturated carbocycles. The number of hydrogen-bond acceptors (Lipinski definition) is 3. The number of aliphatic hydroxyl groups is 1. The molecule has 0 heterocycles. The van der Waals surface area contributed by atoms with Gasteiger partial charge >= 0.3 is 0 Å². The second kappa shape index (κ2) is 4.13. The Bertz CT molecular complexity index is 254. The van der Waals surface area contributed by atoms with Crippen molar-refractivity contribution in [3.63, 3.8) is 0 Å². The SMILES string of the molecule is CC(O)CNC1=CC(=O)CC(C)(C)C1. The average molecular weight is 197 g/mol. The second-order valence-corrected chi connectivity index (χ2v) is 4.88. The fourth-order valence-corrected chi connectivity index (χ4v) is 1.74. The van der Waals surface area contributed by atoms with E-state index in [4.69, 9.17) is 5.11 Å². The lowest BCUT2D eigenvalue weighted by Crippen LogP contribution is -2.31. The third kappa shape index (κ3) is 3.50. The lowest BCUT2D eigenvalue weighted by atomic mass is 9.79. The fraction of sp³-hybridized carbons (Fsp3) is 0.727. The van der Waals surface area contributed by atoms with Crippen molar-refractivity contribution < 1.29 is 9.90 Å². The molecule has 3 heteroatoms. The predicted molar refractivity (Wildman–Crippen MR) is 55.8 cm³/mol. The van der Waals surface area contributed by atoms with Gasteiger partial charge in [0.2, 0.25) is 0 Å². The van der Waals surface area contributed by atoms with Crippen LogP contribution >= 0.6 is 0 Å². The minimum absolute atomic E-state index is 0.0485. The Balaban J connectivity index is 2.56. The third-order valence-corrected chi connectivity index (χ3v) is 2.28. The van der Waals surface area contributed by atoms with Crippen LogP contribution in [0.25, 0.3) is 0 Å². The number of allylic oxidation sites excluding steroid dienone is 2. The van der Waals surface area contributed by atoms with Crippen LogP contribution in [0.15, 0.2) is 11.8 Å².